The molecule has 0 amide bonds. The summed E-state index contributed by atoms with van der Waals surface area (Å²) < 4.78 is 8.25. The van der Waals surface area contributed by atoms with E-state index in [1.54, 1.807) is 0 Å². The molecule has 2 rings (SSSR count). The molecule has 20 heavy (non-hydrogen) atoms. The van der Waals surface area contributed by atoms with E-state index < -0.39 is 0 Å². The Morgan fingerprint density at radius 2 is 2.20 bits per heavy atom. The molecule has 0 spiro atoms. The van der Waals surface area contributed by atoms with Crippen molar-refractivity contribution in [3.05, 3.63) is 18.2 Å². The first-order valence-corrected chi connectivity index (χ1v) is 7.82. The highest BCUT2D eigenvalue weighted by molar-refractivity contribution is 5.03. The summed E-state index contributed by atoms with van der Waals surface area (Å²) in [6.45, 7) is 9.44. The Morgan fingerprint density at radius 3 is 2.90 bits per heavy atom. The van der Waals surface area contributed by atoms with Crippen molar-refractivity contribution >= 4 is 0 Å². The standard InChI is InChI=1S/C15H28N4O/c1-4-7-18-10-11-20-13(12-18)14(16-3)15-17-6-9-19(15)8-5-2/h6,9,13-14,16H,4-5,7-8,10-12H2,1-3H3. The third-order valence-electron chi connectivity index (χ3n) is 3.89. The molecule has 2 atom stereocenters. The van der Waals surface area contributed by atoms with Crippen LogP contribution in [0.1, 0.15) is 38.6 Å². The maximum atomic E-state index is 6.01. The maximum absolute atomic E-state index is 6.01. The van der Waals surface area contributed by atoms with Crippen LogP contribution in [0.3, 0.4) is 0 Å². The van der Waals surface area contributed by atoms with Gasteiger partial charge in [0.15, 0.2) is 0 Å². The Balaban J connectivity index is 2.08. The van der Waals surface area contributed by atoms with Crippen molar-refractivity contribution in [2.24, 2.45) is 0 Å². The average Bonchev–Trinajstić information content (AvgIpc) is 2.89. The lowest BCUT2D eigenvalue weighted by molar-refractivity contribution is -0.0477. The number of morpholine rings is 1. The molecule has 0 radical (unpaired) electrons. The van der Waals surface area contributed by atoms with Crippen molar-refractivity contribution < 1.29 is 4.74 Å². The molecule has 1 saturated heterocycles. The van der Waals surface area contributed by atoms with Gasteiger partial charge in [-0.1, -0.05) is 13.8 Å². The summed E-state index contributed by atoms with van der Waals surface area (Å²) in [5.41, 5.74) is 0. The molecule has 0 bridgehead atoms. The van der Waals surface area contributed by atoms with Gasteiger partial charge in [-0.3, -0.25) is 4.90 Å². The molecule has 5 heteroatoms. The number of hydrogen-bond donors (Lipinski definition) is 1. The highest BCUT2D eigenvalue weighted by Gasteiger charge is 2.30. The molecule has 0 saturated carbocycles. The van der Waals surface area contributed by atoms with Crippen molar-refractivity contribution in [1.82, 2.24) is 19.8 Å². The van der Waals surface area contributed by atoms with E-state index in [9.17, 15) is 0 Å². The van der Waals surface area contributed by atoms with Crippen molar-refractivity contribution in [2.45, 2.75) is 45.4 Å². The van der Waals surface area contributed by atoms with Gasteiger partial charge in [0.2, 0.25) is 0 Å². The normalized spacial score (nSPS) is 22.1. The van der Waals surface area contributed by atoms with Gasteiger partial charge < -0.3 is 14.6 Å². The summed E-state index contributed by atoms with van der Waals surface area (Å²) in [5, 5.41) is 3.40. The molecule has 1 N–H and O–H groups in total. The highest BCUT2D eigenvalue weighted by atomic mass is 16.5. The predicted molar refractivity (Wildman–Crippen MR) is 80.8 cm³/mol. The summed E-state index contributed by atoms with van der Waals surface area (Å²) >= 11 is 0. The summed E-state index contributed by atoms with van der Waals surface area (Å²) in [4.78, 5) is 7.05. The first-order chi connectivity index (χ1) is 9.80. The Morgan fingerprint density at radius 1 is 1.40 bits per heavy atom. The second-order valence-electron chi connectivity index (χ2n) is 5.46. The lowest BCUT2D eigenvalue weighted by atomic mass is 10.1. The summed E-state index contributed by atoms with van der Waals surface area (Å²) in [7, 11) is 2.00. The molecule has 0 aliphatic carbocycles. The van der Waals surface area contributed by atoms with E-state index in [4.69, 9.17) is 4.74 Å². The van der Waals surface area contributed by atoms with Gasteiger partial charge >= 0.3 is 0 Å². The smallest absolute Gasteiger partial charge is 0.128 e. The number of nitrogens with zero attached hydrogens (tertiary/aromatic N) is 3. The van der Waals surface area contributed by atoms with Gasteiger partial charge in [0.1, 0.15) is 5.82 Å². The van der Waals surface area contributed by atoms with Crippen molar-refractivity contribution in [3.8, 4) is 0 Å². The summed E-state index contributed by atoms with van der Waals surface area (Å²) in [6, 6.07) is 0.163. The minimum absolute atomic E-state index is 0.163. The Bertz CT molecular complexity index is 391. The lowest BCUT2D eigenvalue weighted by Crippen LogP contribution is -2.48. The Labute approximate surface area is 122 Å². The van der Waals surface area contributed by atoms with Crippen molar-refractivity contribution in [1.29, 1.82) is 0 Å². The van der Waals surface area contributed by atoms with E-state index in [1.165, 1.54) is 6.42 Å². The van der Waals surface area contributed by atoms with Crippen LogP contribution in [0.15, 0.2) is 12.4 Å². The topological polar surface area (TPSA) is 42.3 Å². The fourth-order valence-electron chi connectivity index (χ4n) is 2.96. The Kier molecular flexibility index (Phi) is 6.01. The molecule has 1 aromatic heterocycles. The zero-order chi connectivity index (χ0) is 14.4. The monoisotopic (exact) mass is 280 g/mol. The number of hydrogen-bond acceptors (Lipinski definition) is 4. The van der Waals surface area contributed by atoms with Crippen LogP contribution in [0.25, 0.3) is 0 Å². The van der Waals surface area contributed by atoms with Gasteiger partial charge in [-0.25, -0.2) is 4.98 Å². The minimum Gasteiger partial charge on any atom is -0.373 e. The number of likely N-dealkylation sites (N-methyl/N-ethyl adjacent to an activating group) is 1. The van der Waals surface area contributed by atoms with E-state index in [2.05, 4.69) is 39.8 Å². The van der Waals surface area contributed by atoms with Gasteiger partial charge in [-0.05, 0) is 26.4 Å². The number of aromatic nitrogens is 2. The van der Waals surface area contributed by atoms with E-state index in [-0.39, 0.29) is 12.1 Å². The SMILES string of the molecule is CCCN1CCOC(C(NC)c2nccn2CCC)C1. The van der Waals surface area contributed by atoms with Crippen molar-refractivity contribution in [3.63, 3.8) is 0 Å². The highest BCUT2D eigenvalue weighted by Crippen LogP contribution is 2.21. The van der Waals surface area contributed by atoms with Gasteiger partial charge in [0, 0.05) is 32.0 Å². The lowest BCUT2D eigenvalue weighted by Gasteiger charge is -2.36. The van der Waals surface area contributed by atoms with E-state index >= 15 is 0 Å². The van der Waals surface area contributed by atoms with Crippen LogP contribution in [-0.2, 0) is 11.3 Å². The maximum Gasteiger partial charge on any atom is 0.128 e. The summed E-state index contributed by atoms with van der Waals surface area (Å²) in [6.07, 6.45) is 6.45. The van der Waals surface area contributed by atoms with Gasteiger partial charge in [-0.2, -0.15) is 0 Å². The zero-order valence-corrected chi connectivity index (χ0v) is 13.0. The predicted octanol–water partition coefficient (Wildman–Crippen LogP) is 1.66. The molecule has 2 unspecified atom stereocenters. The minimum atomic E-state index is 0.163. The molecule has 1 aliphatic heterocycles. The number of imidazole rings is 1. The van der Waals surface area contributed by atoms with E-state index in [0.717, 1.165) is 45.0 Å². The molecule has 1 fully saturated rings. The Hall–Kier alpha value is -0.910. The average molecular weight is 280 g/mol. The second-order valence-corrected chi connectivity index (χ2v) is 5.46. The van der Waals surface area contributed by atoms with Gasteiger partial charge in [-0.15, -0.1) is 0 Å². The number of nitrogens with one attached hydrogen (secondary N) is 1. The molecule has 1 aromatic rings. The molecule has 114 valence electrons. The zero-order valence-electron chi connectivity index (χ0n) is 13.0. The number of ether oxygens (including phenoxy) is 1. The fraction of sp³-hybridized carbons (Fsp3) is 0.800. The quantitative estimate of drug-likeness (QED) is 0.825. The first kappa shape index (κ1) is 15.5. The summed E-state index contributed by atoms with van der Waals surface area (Å²) in [5.74, 6) is 1.10. The third kappa shape index (κ3) is 3.59. The molecule has 2 heterocycles. The molecular weight excluding hydrogens is 252 g/mol. The molecular formula is C15H28N4O. The third-order valence-corrected chi connectivity index (χ3v) is 3.89. The molecule has 5 nitrogen and oxygen atoms in total. The largest absolute Gasteiger partial charge is 0.373 e. The van der Waals surface area contributed by atoms with Gasteiger partial charge in [0.05, 0.1) is 18.8 Å². The fourth-order valence-corrected chi connectivity index (χ4v) is 2.96. The van der Waals surface area contributed by atoms with Crippen LogP contribution in [0.5, 0.6) is 0 Å². The van der Waals surface area contributed by atoms with Crippen LogP contribution in [0.4, 0.5) is 0 Å². The molecule has 1 aliphatic rings. The van der Waals surface area contributed by atoms with Crippen LogP contribution in [0.2, 0.25) is 0 Å². The van der Waals surface area contributed by atoms with E-state index in [0.29, 0.717) is 0 Å². The van der Waals surface area contributed by atoms with Crippen LogP contribution in [0, 0.1) is 0 Å². The van der Waals surface area contributed by atoms with Crippen LogP contribution < -0.4 is 5.32 Å². The van der Waals surface area contributed by atoms with Gasteiger partial charge in [0.25, 0.3) is 0 Å². The van der Waals surface area contributed by atoms with E-state index in [1.807, 2.05) is 13.2 Å². The first-order valence-electron chi connectivity index (χ1n) is 7.82. The van der Waals surface area contributed by atoms with Crippen LogP contribution >= 0.6 is 0 Å². The number of rotatable bonds is 7. The number of aryl methyl sites for hydroxylation is 1. The van der Waals surface area contributed by atoms with Crippen molar-refractivity contribution in [2.75, 3.05) is 33.3 Å². The van der Waals surface area contributed by atoms with Crippen LogP contribution in [-0.4, -0.2) is 53.8 Å². The second kappa shape index (κ2) is 7.76. The molecule has 0 aromatic carbocycles.